The minimum absolute atomic E-state index is 0.210. The van der Waals surface area contributed by atoms with E-state index in [1.165, 1.54) is 12.8 Å². The van der Waals surface area contributed by atoms with Gasteiger partial charge in [-0.1, -0.05) is 18.2 Å². The number of hydrogen-bond acceptors (Lipinski definition) is 4. The van der Waals surface area contributed by atoms with Crippen LogP contribution in [0.3, 0.4) is 0 Å². The smallest absolute Gasteiger partial charge is 0.311 e. The Balaban J connectivity index is 2.87. The molecule has 1 saturated carbocycles. The summed E-state index contributed by atoms with van der Waals surface area (Å²) in [4.78, 5) is 24.5. The van der Waals surface area contributed by atoms with Gasteiger partial charge in [0, 0.05) is 5.41 Å². The largest absolute Gasteiger partial charge is 0.465 e. The number of ether oxygens (including phenoxy) is 2. The van der Waals surface area contributed by atoms with Crippen LogP contribution >= 0.6 is 0 Å². The second-order valence-electron chi connectivity index (χ2n) is 9.61. The van der Waals surface area contributed by atoms with E-state index in [0.717, 1.165) is 0 Å². The number of carbonyl (C=O) groups excluding carboxylic acids is 2. The fourth-order valence-corrected chi connectivity index (χ4v) is 2.34. The molecule has 0 aromatic heterocycles. The van der Waals surface area contributed by atoms with Crippen molar-refractivity contribution >= 4 is 11.9 Å². The highest BCUT2D eigenvalue weighted by atomic mass is 16.5. The Kier molecular flexibility index (Phi) is 7.67. The van der Waals surface area contributed by atoms with Crippen molar-refractivity contribution in [3.63, 3.8) is 0 Å². The molecule has 4 heteroatoms. The van der Waals surface area contributed by atoms with E-state index in [0.29, 0.717) is 18.8 Å². The zero-order chi connectivity index (χ0) is 20.0. The molecule has 26 heavy (non-hydrogen) atoms. The van der Waals surface area contributed by atoms with E-state index in [1.807, 2.05) is 41.5 Å². The van der Waals surface area contributed by atoms with Crippen LogP contribution in [0.15, 0.2) is 24.8 Å². The van der Waals surface area contributed by atoms with Crippen LogP contribution in [0, 0.1) is 22.2 Å². The van der Waals surface area contributed by atoms with E-state index < -0.39 is 16.2 Å². The summed E-state index contributed by atoms with van der Waals surface area (Å²) in [6.45, 7) is 15.3. The highest BCUT2D eigenvalue weighted by Gasteiger charge is 2.35. The molecule has 0 aromatic rings. The van der Waals surface area contributed by atoms with Gasteiger partial charge in [-0.3, -0.25) is 9.59 Å². The van der Waals surface area contributed by atoms with Crippen molar-refractivity contribution in [2.75, 3.05) is 13.2 Å². The van der Waals surface area contributed by atoms with Crippen LogP contribution in [0.2, 0.25) is 0 Å². The van der Waals surface area contributed by atoms with E-state index in [2.05, 4.69) is 18.7 Å². The summed E-state index contributed by atoms with van der Waals surface area (Å²) in [6.07, 6.45) is 9.93. The Morgan fingerprint density at radius 2 is 1.38 bits per heavy atom. The third-order valence-corrected chi connectivity index (χ3v) is 4.40. The summed E-state index contributed by atoms with van der Waals surface area (Å²) in [6, 6.07) is 0. The van der Waals surface area contributed by atoms with Gasteiger partial charge in [0.2, 0.25) is 0 Å². The average Bonchev–Trinajstić information content (AvgIpc) is 3.32. The number of allylic oxidation sites excluding steroid dienone is 3. The summed E-state index contributed by atoms with van der Waals surface area (Å²) in [7, 11) is 0. The quantitative estimate of drug-likeness (QED) is 0.423. The maximum atomic E-state index is 12.2. The van der Waals surface area contributed by atoms with Crippen LogP contribution in [0.5, 0.6) is 0 Å². The zero-order valence-electron chi connectivity index (χ0n) is 17.4. The zero-order valence-corrected chi connectivity index (χ0v) is 17.4. The summed E-state index contributed by atoms with van der Waals surface area (Å²) in [5, 5.41) is 0. The van der Waals surface area contributed by atoms with Crippen molar-refractivity contribution in [2.24, 2.45) is 22.2 Å². The molecule has 0 saturated heterocycles. The topological polar surface area (TPSA) is 52.6 Å². The van der Waals surface area contributed by atoms with Crippen molar-refractivity contribution in [1.82, 2.24) is 0 Å². The first-order chi connectivity index (χ1) is 11.9. The predicted molar refractivity (Wildman–Crippen MR) is 105 cm³/mol. The van der Waals surface area contributed by atoms with Crippen molar-refractivity contribution in [2.45, 2.75) is 67.2 Å². The third-order valence-electron chi connectivity index (χ3n) is 4.40. The lowest BCUT2D eigenvalue weighted by Gasteiger charge is -2.33. The molecule has 1 rings (SSSR count). The molecule has 0 atom stereocenters. The van der Waals surface area contributed by atoms with Gasteiger partial charge in [0.05, 0.1) is 10.8 Å². The van der Waals surface area contributed by atoms with E-state index >= 15 is 0 Å². The Morgan fingerprint density at radius 3 is 1.73 bits per heavy atom. The molecule has 0 unspecified atom stereocenters. The van der Waals surface area contributed by atoms with Crippen LogP contribution in [0.4, 0.5) is 0 Å². The first-order valence-electron chi connectivity index (χ1n) is 9.52. The molecular formula is C22H36O4. The molecule has 1 fully saturated rings. The molecule has 1 aliphatic rings. The molecule has 148 valence electrons. The highest BCUT2D eigenvalue weighted by Crippen LogP contribution is 2.34. The minimum atomic E-state index is -0.564. The predicted octanol–water partition coefficient (Wildman–Crippen LogP) is 5.08. The SMILES string of the molecule is C=CCC(C/C=C/C1CC1)(COC(=O)C(C)(C)C)COC(=O)C(C)(C)C. The Hall–Kier alpha value is -1.58. The average molecular weight is 365 g/mol. The van der Waals surface area contributed by atoms with E-state index in [1.54, 1.807) is 6.08 Å². The van der Waals surface area contributed by atoms with Crippen LogP contribution in [-0.4, -0.2) is 25.2 Å². The number of rotatable bonds is 9. The minimum Gasteiger partial charge on any atom is -0.465 e. The van der Waals surface area contributed by atoms with Crippen LogP contribution < -0.4 is 0 Å². The molecule has 0 N–H and O–H groups in total. The van der Waals surface area contributed by atoms with Gasteiger partial charge in [0.25, 0.3) is 0 Å². The maximum Gasteiger partial charge on any atom is 0.311 e. The summed E-state index contributed by atoms with van der Waals surface area (Å²) in [5.74, 6) is 0.171. The third kappa shape index (κ3) is 7.76. The van der Waals surface area contributed by atoms with Crippen LogP contribution in [0.1, 0.15) is 67.2 Å². The summed E-state index contributed by atoms with van der Waals surface area (Å²) >= 11 is 0. The maximum absolute atomic E-state index is 12.2. The Morgan fingerprint density at radius 1 is 0.923 bits per heavy atom. The van der Waals surface area contributed by atoms with Gasteiger partial charge in [0.1, 0.15) is 13.2 Å². The van der Waals surface area contributed by atoms with Crippen molar-refractivity contribution in [1.29, 1.82) is 0 Å². The van der Waals surface area contributed by atoms with Gasteiger partial charge in [-0.15, -0.1) is 6.58 Å². The van der Waals surface area contributed by atoms with E-state index in [-0.39, 0.29) is 25.2 Å². The van der Waals surface area contributed by atoms with Gasteiger partial charge in [-0.2, -0.15) is 0 Å². The standard InChI is InChI=1S/C22H36O4/c1-8-13-22(14-9-10-17-11-12-17,15-25-18(23)20(2,3)4)16-26-19(24)21(5,6)7/h8-10,17H,1,11-16H2,2-7H3/b10-9+. The second-order valence-corrected chi connectivity index (χ2v) is 9.61. The van der Waals surface area contributed by atoms with Crippen LogP contribution in [-0.2, 0) is 19.1 Å². The summed E-state index contributed by atoms with van der Waals surface area (Å²) < 4.78 is 11.2. The molecule has 0 aliphatic heterocycles. The molecule has 4 nitrogen and oxygen atoms in total. The first-order valence-corrected chi connectivity index (χ1v) is 9.52. The molecule has 1 aliphatic carbocycles. The van der Waals surface area contributed by atoms with Gasteiger partial charge >= 0.3 is 11.9 Å². The number of carbonyl (C=O) groups is 2. The number of esters is 2. The highest BCUT2D eigenvalue weighted by molar-refractivity contribution is 5.76. The fraction of sp³-hybridized carbons (Fsp3) is 0.727. The van der Waals surface area contributed by atoms with Gasteiger partial charge < -0.3 is 9.47 Å². The lowest BCUT2D eigenvalue weighted by atomic mass is 9.82. The number of hydrogen-bond donors (Lipinski definition) is 0. The van der Waals surface area contributed by atoms with E-state index in [9.17, 15) is 9.59 Å². The second kappa shape index (κ2) is 8.88. The normalized spacial score (nSPS) is 15.8. The molecule has 0 bridgehead atoms. The molecule has 0 spiro atoms. The molecule has 0 amide bonds. The Labute approximate surface area is 159 Å². The van der Waals surface area contributed by atoms with Crippen molar-refractivity contribution in [3.05, 3.63) is 24.8 Å². The molecular weight excluding hydrogens is 328 g/mol. The fourth-order valence-electron chi connectivity index (χ4n) is 2.34. The van der Waals surface area contributed by atoms with Gasteiger partial charge in [-0.05, 0) is 73.1 Å². The van der Waals surface area contributed by atoms with E-state index in [4.69, 9.17) is 9.47 Å². The molecule has 0 radical (unpaired) electrons. The molecule has 0 aromatic carbocycles. The first kappa shape index (κ1) is 22.5. The lowest BCUT2D eigenvalue weighted by Crippen LogP contribution is -2.37. The Bertz CT molecular complexity index is 497. The monoisotopic (exact) mass is 364 g/mol. The van der Waals surface area contributed by atoms with Crippen molar-refractivity contribution < 1.29 is 19.1 Å². The summed E-state index contributed by atoms with van der Waals surface area (Å²) in [5.41, 5.74) is -1.60. The van der Waals surface area contributed by atoms with Gasteiger partial charge in [-0.25, -0.2) is 0 Å². The molecule has 0 heterocycles. The van der Waals surface area contributed by atoms with Crippen molar-refractivity contribution in [3.8, 4) is 0 Å². The van der Waals surface area contributed by atoms with Gasteiger partial charge in [0.15, 0.2) is 0 Å². The van der Waals surface area contributed by atoms with Crippen LogP contribution in [0.25, 0.3) is 0 Å². The lowest BCUT2D eigenvalue weighted by molar-refractivity contribution is -0.163.